The average molecular weight is 558 g/mol. The lowest BCUT2D eigenvalue weighted by Crippen LogP contribution is -2.31. The first kappa shape index (κ1) is 26.1. The van der Waals surface area contributed by atoms with Crippen molar-refractivity contribution in [2.75, 3.05) is 12.4 Å². The van der Waals surface area contributed by atoms with Crippen LogP contribution >= 0.6 is 11.6 Å². The van der Waals surface area contributed by atoms with Gasteiger partial charge in [0.2, 0.25) is 5.91 Å². The van der Waals surface area contributed by atoms with Crippen molar-refractivity contribution in [3.8, 4) is 11.1 Å². The number of nitrogens with zero attached hydrogens (tertiary/aromatic N) is 1. The van der Waals surface area contributed by atoms with Gasteiger partial charge in [0, 0.05) is 38.9 Å². The highest BCUT2D eigenvalue weighted by Gasteiger charge is 2.37. The Morgan fingerprint density at radius 3 is 2.58 bits per heavy atom. The summed E-state index contributed by atoms with van der Waals surface area (Å²) in [5.74, 6) is -0.0557. The lowest BCUT2D eigenvalue weighted by atomic mass is 9.90. The van der Waals surface area contributed by atoms with Gasteiger partial charge in [-0.2, -0.15) is 0 Å². The highest BCUT2D eigenvalue weighted by atomic mass is 35.5. The first-order valence-corrected chi connectivity index (χ1v) is 13.6. The summed E-state index contributed by atoms with van der Waals surface area (Å²) in [6.07, 6.45) is 2.03. The second kappa shape index (κ2) is 9.78. The molecule has 204 valence electrons. The van der Waals surface area contributed by atoms with Crippen molar-refractivity contribution in [3.63, 3.8) is 0 Å². The number of halogens is 1. The third kappa shape index (κ3) is 4.52. The molecule has 1 fully saturated rings. The number of rotatable bonds is 6. The third-order valence-electron chi connectivity index (χ3n) is 8.04. The summed E-state index contributed by atoms with van der Waals surface area (Å²) in [7, 11) is 1.31. The zero-order valence-electron chi connectivity index (χ0n) is 22.3. The maximum absolute atomic E-state index is 13.4. The Hall–Kier alpha value is -4.17. The molecule has 4 aromatic rings. The number of amides is 1. The van der Waals surface area contributed by atoms with Crippen molar-refractivity contribution in [2.45, 2.75) is 45.1 Å². The van der Waals surface area contributed by atoms with Gasteiger partial charge in [-0.25, -0.2) is 4.79 Å². The van der Waals surface area contributed by atoms with Crippen LogP contribution < -0.4 is 10.9 Å². The van der Waals surface area contributed by atoms with E-state index < -0.39 is 12.0 Å². The number of anilines is 1. The zero-order chi connectivity index (χ0) is 28.3. The number of aryl methyl sites for hydroxylation is 1. The van der Waals surface area contributed by atoms with Gasteiger partial charge in [0.05, 0.1) is 7.11 Å². The molecule has 1 amide bonds. The smallest absolute Gasteiger partial charge is 0.354 e. The van der Waals surface area contributed by atoms with Crippen LogP contribution in [0.3, 0.4) is 0 Å². The minimum atomic E-state index is -0.668. The van der Waals surface area contributed by atoms with Gasteiger partial charge in [-0.05, 0) is 97.2 Å². The fraction of sp³-hybridized carbons (Fsp3) is 0.290. The van der Waals surface area contributed by atoms with E-state index in [0.717, 1.165) is 28.6 Å². The SMILES string of the molecule is COC(=O)c1cc2cc(NC(=O)[C@@H]3CCc4cc(-c5cc(Cl)cc([C@H]6CC6C)c5C(C)=O)cc(=O)n43)ccc2[nH]1. The van der Waals surface area contributed by atoms with E-state index in [1.807, 2.05) is 12.1 Å². The molecule has 1 saturated carbocycles. The number of H-pyrrole nitrogens is 1. The van der Waals surface area contributed by atoms with Gasteiger partial charge in [-0.15, -0.1) is 0 Å². The molecule has 2 N–H and O–H groups in total. The molecule has 0 spiro atoms. The number of methoxy groups -OCH3 is 1. The minimum Gasteiger partial charge on any atom is -0.464 e. The number of benzene rings is 2. The fourth-order valence-electron chi connectivity index (χ4n) is 5.95. The van der Waals surface area contributed by atoms with Crippen LogP contribution in [0.1, 0.15) is 70.8 Å². The Labute approximate surface area is 235 Å². The molecule has 8 nitrogen and oxygen atoms in total. The van der Waals surface area contributed by atoms with Crippen LogP contribution in [-0.4, -0.2) is 34.3 Å². The van der Waals surface area contributed by atoms with Crippen LogP contribution in [0.4, 0.5) is 5.69 Å². The van der Waals surface area contributed by atoms with Crippen LogP contribution in [0.25, 0.3) is 22.0 Å². The van der Waals surface area contributed by atoms with Crippen molar-refractivity contribution in [2.24, 2.45) is 5.92 Å². The second-order valence-corrected chi connectivity index (χ2v) is 11.2. The van der Waals surface area contributed by atoms with Gasteiger partial charge in [0.15, 0.2) is 5.78 Å². The number of esters is 1. The number of hydrogen-bond acceptors (Lipinski definition) is 5. The van der Waals surface area contributed by atoms with E-state index in [1.165, 1.54) is 17.7 Å². The number of carbonyl (C=O) groups excluding carboxylic acids is 3. The number of carbonyl (C=O) groups is 3. The number of ketones is 1. The van der Waals surface area contributed by atoms with Gasteiger partial charge in [0.1, 0.15) is 11.7 Å². The quantitative estimate of drug-likeness (QED) is 0.227. The number of aromatic nitrogens is 2. The number of aromatic amines is 1. The van der Waals surface area contributed by atoms with Crippen molar-refractivity contribution in [1.29, 1.82) is 0 Å². The van der Waals surface area contributed by atoms with Crippen molar-refractivity contribution < 1.29 is 19.1 Å². The second-order valence-electron chi connectivity index (χ2n) is 10.8. The summed E-state index contributed by atoms with van der Waals surface area (Å²) in [5, 5.41) is 4.19. The molecule has 9 heteroatoms. The van der Waals surface area contributed by atoms with E-state index in [9.17, 15) is 19.2 Å². The van der Waals surface area contributed by atoms with E-state index in [1.54, 1.807) is 37.3 Å². The summed E-state index contributed by atoms with van der Waals surface area (Å²) >= 11 is 6.48. The summed E-state index contributed by atoms with van der Waals surface area (Å²) in [5.41, 5.74) is 4.90. The maximum atomic E-state index is 13.4. The van der Waals surface area contributed by atoms with Crippen molar-refractivity contribution in [3.05, 3.63) is 86.4 Å². The molecular weight excluding hydrogens is 530 g/mol. The Morgan fingerprint density at radius 1 is 1.10 bits per heavy atom. The predicted molar refractivity (Wildman–Crippen MR) is 153 cm³/mol. The standard InChI is InChI=1S/C31H28ClN3O5/c1-15-8-22(15)24-14-19(32)13-23(29(24)16(2)36)17-10-21-5-7-27(35(21)28(37)12-17)30(38)33-20-4-6-25-18(9-20)11-26(34-25)31(39)40-3/h4,6,9-15,22,27,34H,5,7-8H2,1-3H3,(H,33,38)/t15?,22-,27-/m0/s1. The van der Waals surface area contributed by atoms with E-state index in [4.69, 9.17) is 16.3 Å². The van der Waals surface area contributed by atoms with Crippen molar-refractivity contribution >= 4 is 45.9 Å². The Kier molecular flexibility index (Phi) is 6.38. The summed E-state index contributed by atoms with van der Waals surface area (Å²) < 4.78 is 6.29. The maximum Gasteiger partial charge on any atom is 0.354 e. The Morgan fingerprint density at radius 2 is 1.88 bits per heavy atom. The number of Topliss-reactive ketones (excluding diaryl/α,β-unsaturated/α-hetero) is 1. The minimum absolute atomic E-state index is 0.0586. The fourth-order valence-corrected chi connectivity index (χ4v) is 6.18. The van der Waals surface area contributed by atoms with Crippen LogP contribution in [0.5, 0.6) is 0 Å². The van der Waals surface area contributed by atoms with Gasteiger partial charge in [0.25, 0.3) is 5.56 Å². The number of ether oxygens (including phenoxy) is 1. The molecule has 6 rings (SSSR count). The van der Waals surface area contributed by atoms with E-state index >= 15 is 0 Å². The molecule has 3 atom stereocenters. The summed E-state index contributed by atoms with van der Waals surface area (Å²) in [4.78, 5) is 54.3. The van der Waals surface area contributed by atoms with Gasteiger partial charge in [-0.3, -0.25) is 14.4 Å². The molecule has 3 heterocycles. The van der Waals surface area contributed by atoms with Gasteiger partial charge >= 0.3 is 5.97 Å². The lowest BCUT2D eigenvalue weighted by Gasteiger charge is -2.17. The van der Waals surface area contributed by atoms with E-state index in [-0.39, 0.29) is 23.2 Å². The summed E-state index contributed by atoms with van der Waals surface area (Å²) in [6.45, 7) is 3.70. The summed E-state index contributed by atoms with van der Waals surface area (Å²) in [6, 6.07) is 13.3. The van der Waals surface area contributed by atoms with E-state index in [0.29, 0.717) is 51.9 Å². The number of nitrogens with one attached hydrogen (secondary N) is 2. The first-order chi connectivity index (χ1) is 19.1. The van der Waals surface area contributed by atoms with Crippen molar-refractivity contribution in [1.82, 2.24) is 9.55 Å². The molecule has 2 aliphatic rings. The molecule has 0 radical (unpaired) electrons. The molecule has 2 aromatic carbocycles. The van der Waals surface area contributed by atoms with Crippen LogP contribution in [0.2, 0.25) is 5.02 Å². The lowest BCUT2D eigenvalue weighted by molar-refractivity contribution is -0.119. The zero-order valence-corrected chi connectivity index (χ0v) is 23.1. The molecular formula is C31H28ClN3O5. The molecule has 0 bridgehead atoms. The number of fused-ring (bicyclic) bond motifs is 2. The Bertz CT molecular complexity index is 1790. The third-order valence-corrected chi connectivity index (χ3v) is 8.25. The van der Waals surface area contributed by atoms with Crippen LogP contribution in [0, 0.1) is 5.92 Å². The first-order valence-electron chi connectivity index (χ1n) is 13.3. The highest BCUT2D eigenvalue weighted by molar-refractivity contribution is 6.31. The molecule has 2 aromatic heterocycles. The normalized spacial score (nSPS) is 19.4. The molecule has 40 heavy (non-hydrogen) atoms. The average Bonchev–Trinajstić information content (AvgIpc) is 3.30. The monoisotopic (exact) mass is 557 g/mol. The molecule has 0 saturated heterocycles. The highest BCUT2D eigenvalue weighted by Crippen LogP contribution is 2.50. The number of pyridine rings is 1. The molecule has 1 aliphatic carbocycles. The molecule has 1 unspecified atom stereocenters. The Balaban J connectivity index is 1.30. The van der Waals surface area contributed by atoms with E-state index in [2.05, 4.69) is 17.2 Å². The van der Waals surface area contributed by atoms with Crippen LogP contribution in [0.15, 0.2) is 53.3 Å². The van der Waals surface area contributed by atoms with Crippen LogP contribution in [-0.2, 0) is 16.0 Å². The molecule has 1 aliphatic heterocycles. The largest absolute Gasteiger partial charge is 0.464 e. The predicted octanol–water partition coefficient (Wildman–Crippen LogP) is 5.89. The van der Waals surface area contributed by atoms with Gasteiger partial charge < -0.3 is 19.6 Å². The number of hydrogen-bond donors (Lipinski definition) is 2. The van der Waals surface area contributed by atoms with Gasteiger partial charge in [-0.1, -0.05) is 18.5 Å². The topological polar surface area (TPSA) is 110 Å².